The van der Waals surface area contributed by atoms with Crippen LogP contribution in [0.1, 0.15) is 5.56 Å². The Kier molecular flexibility index (Phi) is 6.92. The number of carbonyl (C=O) groups is 2. The van der Waals surface area contributed by atoms with Crippen LogP contribution in [0.2, 0.25) is 0 Å². The molecular formula is C25H24N2O7S. The standard InChI is InChI=1S/C25H24N2O7S/c1-17-14-19(35(30,31)26-18-8-4-3-5-9-18)12-13-21(17)33-16-24(28)27-15-23(25(29)32-2)34-22-11-7-6-10-20(22)27/h3-14,23,26H,15-16H2,1-2H3. The molecule has 0 saturated heterocycles. The van der Waals surface area contributed by atoms with Crippen LogP contribution in [0.15, 0.2) is 77.7 Å². The van der Waals surface area contributed by atoms with E-state index in [1.807, 2.05) is 0 Å². The van der Waals surface area contributed by atoms with E-state index in [-0.39, 0.29) is 18.0 Å². The van der Waals surface area contributed by atoms with Crippen molar-refractivity contribution in [3.8, 4) is 11.5 Å². The van der Waals surface area contributed by atoms with Crippen molar-refractivity contribution in [1.29, 1.82) is 0 Å². The summed E-state index contributed by atoms with van der Waals surface area (Å²) >= 11 is 0. The lowest BCUT2D eigenvalue weighted by Crippen LogP contribution is -2.48. The van der Waals surface area contributed by atoms with E-state index in [9.17, 15) is 18.0 Å². The minimum atomic E-state index is -3.79. The van der Waals surface area contributed by atoms with E-state index >= 15 is 0 Å². The second-order valence-electron chi connectivity index (χ2n) is 7.79. The first-order valence-electron chi connectivity index (χ1n) is 10.7. The van der Waals surface area contributed by atoms with Crippen LogP contribution < -0.4 is 19.1 Å². The molecule has 1 atom stereocenters. The number of anilines is 2. The molecule has 0 fully saturated rings. The molecule has 0 aliphatic carbocycles. The van der Waals surface area contributed by atoms with Crippen molar-refractivity contribution in [2.75, 3.05) is 29.9 Å². The molecule has 182 valence electrons. The summed E-state index contributed by atoms with van der Waals surface area (Å²) in [6.45, 7) is 1.35. The van der Waals surface area contributed by atoms with Gasteiger partial charge < -0.3 is 19.1 Å². The predicted molar refractivity (Wildman–Crippen MR) is 129 cm³/mol. The lowest BCUT2D eigenvalue weighted by molar-refractivity contribution is -0.148. The van der Waals surface area contributed by atoms with Gasteiger partial charge in [-0.3, -0.25) is 9.52 Å². The van der Waals surface area contributed by atoms with Crippen LogP contribution in [0, 0.1) is 6.92 Å². The van der Waals surface area contributed by atoms with Crippen molar-refractivity contribution < 1.29 is 32.2 Å². The van der Waals surface area contributed by atoms with Crippen LogP contribution in [-0.2, 0) is 24.3 Å². The molecule has 1 N–H and O–H groups in total. The fraction of sp³-hybridized carbons (Fsp3) is 0.200. The lowest BCUT2D eigenvalue weighted by atomic mass is 10.2. The quantitative estimate of drug-likeness (QED) is 0.500. The molecule has 3 aromatic carbocycles. The van der Waals surface area contributed by atoms with Gasteiger partial charge in [0, 0.05) is 5.69 Å². The Bertz CT molecular complexity index is 1340. The van der Waals surface area contributed by atoms with E-state index in [0.29, 0.717) is 28.4 Å². The summed E-state index contributed by atoms with van der Waals surface area (Å²) in [4.78, 5) is 26.5. The van der Waals surface area contributed by atoms with Crippen molar-refractivity contribution in [2.24, 2.45) is 0 Å². The average molecular weight is 497 g/mol. The van der Waals surface area contributed by atoms with Gasteiger partial charge in [0.2, 0.25) is 6.10 Å². The number of hydrogen-bond donors (Lipinski definition) is 1. The molecule has 1 amide bonds. The summed E-state index contributed by atoms with van der Waals surface area (Å²) in [5, 5.41) is 0. The number of aryl methyl sites for hydroxylation is 1. The Hall–Kier alpha value is -4.05. The summed E-state index contributed by atoms with van der Waals surface area (Å²) in [7, 11) is -2.54. The van der Waals surface area contributed by atoms with E-state index in [2.05, 4.69) is 4.72 Å². The van der Waals surface area contributed by atoms with E-state index in [0.717, 1.165) is 0 Å². The van der Waals surface area contributed by atoms with Crippen LogP contribution in [0.5, 0.6) is 11.5 Å². The second-order valence-corrected chi connectivity index (χ2v) is 9.47. The van der Waals surface area contributed by atoms with E-state index < -0.39 is 28.0 Å². The average Bonchev–Trinajstić information content (AvgIpc) is 2.86. The second kappa shape index (κ2) is 10.1. The van der Waals surface area contributed by atoms with Gasteiger partial charge in [-0.2, -0.15) is 0 Å². The summed E-state index contributed by atoms with van der Waals surface area (Å²) in [6, 6.07) is 19.8. The largest absolute Gasteiger partial charge is 0.483 e. The highest BCUT2D eigenvalue weighted by molar-refractivity contribution is 7.92. The number of methoxy groups -OCH3 is 1. The van der Waals surface area contributed by atoms with E-state index in [4.69, 9.17) is 14.2 Å². The molecule has 9 nitrogen and oxygen atoms in total. The number of esters is 1. The van der Waals surface area contributed by atoms with Crippen LogP contribution in [0.25, 0.3) is 0 Å². The maximum absolute atomic E-state index is 13.0. The van der Waals surface area contributed by atoms with Gasteiger partial charge in [0.05, 0.1) is 24.2 Å². The Morgan fingerprint density at radius 1 is 1.06 bits per heavy atom. The zero-order valence-corrected chi connectivity index (χ0v) is 19.9. The fourth-order valence-corrected chi connectivity index (χ4v) is 4.76. The number of carbonyl (C=O) groups excluding carboxylic acids is 2. The van der Waals surface area contributed by atoms with Crippen molar-refractivity contribution >= 4 is 33.3 Å². The molecule has 4 rings (SSSR count). The molecule has 1 heterocycles. The van der Waals surface area contributed by atoms with Crippen molar-refractivity contribution in [2.45, 2.75) is 17.9 Å². The summed E-state index contributed by atoms with van der Waals surface area (Å²) in [5.74, 6) is -0.228. The number of nitrogens with one attached hydrogen (secondary N) is 1. The first-order valence-corrected chi connectivity index (χ1v) is 12.2. The van der Waals surface area contributed by atoms with Crippen LogP contribution >= 0.6 is 0 Å². The van der Waals surface area contributed by atoms with Gasteiger partial charge in [0.1, 0.15) is 11.5 Å². The topological polar surface area (TPSA) is 111 Å². The third kappa shape index (κ3) is 5.38. The van der Waals surface area contributed by atoms with Crippen molar-refractivity contribution in [3.05, 3.63) is 78.4 Å². The number of para-hydroxylation sites is 3. The van der Waals surface area contributed by atoms with E-state index in [1.54, 1.807) is 61.5 Å². The molecule has 35 heavy (non-hydrogen) atoms. The number of nitrogens with zero attached hydrogens (tertiary/aromatic N) is 1. The van der Waals surface area contributed by atoms with Crippen LogP contribution in [0.3, 0.4) is 0 Å². The SMILES string of the molecule is COC(=O)C1CN(C(=O)COc2ccc(S(=O)(=O)Nc3ccccc3)cc2C)c2ccccc2O1. The number of amides is 1. The normalized spacial score (nSPS) is 14.9. The molecule has 10 heteroatoms. The number of fused-ring (bicyclic) bond motifs is 1. The van der Waals surface area contributed by atoms with Crippen LogP contribution in [-0.4, -0.2) is 46.7 Å². The van der Waals surface area contributed by atoms with Crippen LogP contribution in [0.4, 0.5) is 11.4 Å². The minimum absolute atomic E-state index is 0.0206. The molecule has 0 bridgehead atoms. The summed E-state index contributed by atoms with van der Waals surface area (Å²) < 4.78 is 44.1. The van der Waals surface area contributed by atoms with Gasteiger partial charge in [0.15, 0.2) is 6.61 Å². The third-order valence-electron chi connectivity index (χ3n) is 5.37. The highest BCUT2D eigenvalue weighted by Gasteiger charge is 2.34. The smallest absolute Gasteiger partial charge is 0.348 e. The number of ether oxygens (including phenoxy) is 3. The summed E-state index contributed by atoms with van der Waals surface area (Å²) in [6.07, 6.45) is -0.956. The highest BCUT2D eigenvalue weighted by Crippen LogP contribution is 2.33. The zero-order valence-electron chi connectivity index (χ0n) is 19.1. The first-order chi connectivity index (χ1) is 16.8. The van der Waals surface area contributed by atoms with Gasteiger partial charge in [-0.25, -0.2) is 13.2 Å². The maximum atomic E-state index is 13.0. The molecule has 1 aliphatic rings. The lowest BCUT2D eigenvalue weighted by Gasteiger charge is -2.33. The Morgan fingerprint density at radius 2 is 1.77 bits per heavy atom. The number of benzene rings is 3. The molecule has 1 unspecified atom stereocenters. The zero-order chi connectivity index (χ0) is 25.0. The Morgan fingerprint density at radius 3 is 2.49 bits per heavy atom. The van der Waals surface area contributed by atoms with Gasteiger partial charge in [-0.15, -0.1) is 0 Å². The molecule has 0 saturated carbocycles. The Labute approximate surface area is 203 Å². The Balaban J connectivity index is 1.47. The number of sulfonamides is 1. The number of rotatable bonds is 7. The van der Waals surface area contributed by atoms with Gasteiger partial charge in [-0.1, -0.05) is 30.3 Å². The highest BCUT2D eigenvalue weighted by atomic mass is 32.2. The monoisotopic (exact) mass is 496 g/mol. The molecule has 3 aromatic rings. The first kappa shape index (κ1) is 24.1. The van der Waals surface area contributed by atoms with Gasteiger partial charge in [0.25, 0.3) is 15.9 Å². The maximum Gasteiger partial charge on any atom is 0.348 e. The van der Waals surface area contributed by atoms with E-state index in [1.165, 1.54) is 30.2 Å². The third-order valence-corrected chi connectivity index (χ3v) is 6.75. The predicted octanol–water partition coefficient (Wildman–Crippen LogP) is 3.14. The summed E-state index contributed by atoms with van der Waals surface area (Å²) in [5.41, 5.74) is 1.52. The molecule has 0 aromatic heterocycles. The number of hydrogen-bond acceptors (Lipinski definition) is 7. The van der Waals surface area contributed by atoms with Crippen molar-refractivity contribution in [1.82, 2.24) is 0 Å². The molecule has 0 spiro atoms. The molecule has 1 aliphatic heterocycles. The fourth-order valence-electron chi connectivity index (χ4n) is 3.61. The van der Waals surface area contributed by atoms with Gasteiger partial charge >= 0.3 is 5.97 Å². The van der Waals surface area contributed by atoms with Crippen molar-refractivity contribution in [3.63, 3.8) is 0 Å². The van der Waals surface area contributed by atoms with Gasteiger partial charge in [-0.05, 0) is 55.0 Å². The molecular weight excluding hydrogens is 472 g/mol. The minimum Gasteiger partial charge on any atom is -0.483 e. The molecule has 0 radical (unpaired) electrons.